The highest BCUT2D eigenvalue weighted by atomic mass is 16.5. The highest BCUT2D eigenvalue weighted by Crippen LogP contribution is 2.33. The minimum atomic E-state index is -0.750. The van der Waals surface area contributed by atoms with Crippen molar-refractivity contribution in [1.29, 1.82) is 0 Å². The topological polar surface area (TPSA) is 75.9 Å². The van der Waals surface area contributed by atoms with Crippen LogP contribution in [0, 0.1) is 0 Å². The fraction of sp³-hybridized carbons (Fsp3) is 0.619. The van der Waals surface area contributed by atoms with Crippen LogP contribution in [0.1, 0.15) is 49.4 Å². The summed E-state index contributed by atoms with van der Waals surface area (Å²) in [6, 6.07) is 9.24. The van der Waals surface area contributed by atoms with Gasteiger partial charge in [-0.3, -0.25) is 9.59 Å². The van der Waals surface area contributed by atoms with Gasteiger partial charge in [-0.15, -0.1) is 0 Å². The number of rotatable bonds is 6. The van der Waals surface area contributed by atoms with E-state index in [-0.39, 0.29) is 17.9 Å². The first-order valence-electron chi connectivity index (χ1n) is 10.0. The Morgan fingerprint density at radius 2 is 1.89 bits per heavy atom. The minimum Gasteiger partial charge on any atom is -0.378 e. The van der Waals surface area contributed by atoms with Gasteiger partial charge in [-0.1, -0.05) is 18.2 Å². The van der Waals surface area contributed by atoms with Crippen LogP contribution in [0.5, 0.6) is 0 Å². The van der Waals surface area contributed by atoms with Gasteiger partial charge in [-0.05, 0) is 57.7 Å². The van der Waals surface area contributed by atoms with Crippen molar-refractivity contribution in [2.24, 2.45) is 5.73 Å². The average molecular weight is 373 g/mol. The Kier molecular flexibility index (Phi) is 6.50. The number of benzene rings is 1. The Bertz CT molecular complexity index is 643. The summed E-state index contributed by atoms with van der Waals surface area (Å²) in [6.07, 6.45) is 4.35. The van der Waals surface area contributed by atoms with Crippen molar-refractivity contribution < 1.29 is 14.3 Å². The summed E-state index contributed by atoms with van der Waals surface area (Å²) < 4.78 is 5.84. The molecule has 0 aromatic heterocycles. The molecule has 2 N–H and O–H groups in total. The first-order valence-corrected chi connectivity index (χ1v) is 10.0. The lowest BCUT2D eigenvalue weighted by molar-refractivity contribution is -0.143. The summed E-state index contributed by atoms with van der Waals surface area (Å²) in [4.78, 5) is 30.0. The van der Waals surface area contributed by atoms with Crippen LogP contribution in [0.3, 0.4) is 0 Å². The Balaban J connectivity index is 1.62. The molecule has 0 bridgehead atoms. The van der Waals surface area contributed by atoms with E-state index in [4.69, 9.17) is 10.5 Å². The zero-order chi connectivity index (χ0) is 19.3. The summed E-state index contributed by atoms with van der Waals surface area (Å²) in [6.45, 7) is 5.26. The highest BCUT2D eigenvalue weighted by molar-refractivity contribution is 5.99. The Labute approximate surface area is 161 Å². The third-order valence-corrected chi connectivity index (χ3v) is 5.80. The van der Waals surface area contributed by atoms with Crippen LogP contribution in [0.25, 0.3) is 0 Å². The molecule has 6 nitrogen and oxygen atoms in total. The van der Waals surface area contributed by atoms with Gasteiger partial charge < -0.3 is 20.3 Å². The van der Waals surface area contributed by atoms with Crippen molar-refractivity contribution in [3.05, 3.63) is 35.9 Å². The monoisotopic (exact) mass is 373 g/mol. The summed E-state index contributed by atoms with van der Waals surface area (Å²) in [5.41, 5.74) is 5.40. The number of hydrogen-bond acceptors (Lipinski definition) is 4. The zero-order valence-corrected chi connectivity index (χ0v) is 16.2. The van der Waals surface area contributed by atoms with Gasteiger partial charge in [0.25, 0.3) is 5.91 Å². The summed E-state index contributed by atoms with van der Waals surface area (Å²) in [5, 5.41) is 0. The van der Waals surface area contributed by atoms with Gasteiger partial charge in [0.1, 0.15) is 5.54 Å². The van der Waals surface area contributed by atoms with E-state index in [1.54, 1.807) is 4.90 Å². The number of carbonyl (C=O) groups excluding carboxylic acids is 2. The molecule has 0 aliphatic carbocycles. The van der Waals surface area contributed by atoms with Gasteiger partial charge in [-0.2, -0.15) is 0 Å². The number of amides is 2. The van der Waals surface area contributed by atoms with Crippen molar-refractivity contribution in [2.45, 2.75) is 50.7 Å². The molecule has 2 fully saturated rings. The lowest BCUT2D eigenvalue weighted by Gasteiger charge is -2.40. The van der Waals surface area contributed by atoms with Gasteiger partial charge in [-0.25, -0.2) is 0 Å². The third-order valence-electron chi connectivity index (χ3n) is 5.80. The number of nitrogens with zero attached hydrogens (tertiary/aromatic N) is 2. The first kappa shape index (κ1) is 19.8. The van der Waals surface area contributed by atoms with Gasteiger partial charge >= 0.3 is 0 Å². The maximum atomic E-state index is 13.3. The fourth-order valence-electron chi connectivity index (χ4n) is 4.15. The van der Waals surface area contributed by atoms with Crippen LogP contribution in [0.15, 0.2) is 30.3 Å². The molecule has 0 radical (unpaired) electrons. The molecule has 6 heteroatoms. The normalized spacial score (nSPS) is 23.6. The van der Waals surface area contributed by atoms with Crippen LogP contribution in [-0.2, 0) is 9.53 Å². The molecule has 2 aliphatic rings. The van der Waals surface area contributed by atoms with E-state index in [0.29, 0.717) is 38.3 Å². The molecule has 1 aromatic carbocycles. The smallest absolute Gasteiger partial charge is 0.254 e. The fourth-order valence-corrected chi connectivity index (χ4v) is 4.15. The molecule has 2 amide bonds. The minimum absolute atomic E-state index is 0.0519. The predicted molar refractivity (Wildman–Crippen MR) is 104 cm³/mol. The molecule has 0 spiro atoms. The number of nitrogens with two attached hydrogens (primary N) is 1. The second-order valence-corrected chi connectivity index (χ2v) is 7.70. The predicted octanol–water partition coefficient (Wildman–Crippen LogP) is 2.04. The molecular formula is C21H31N3O3. The molecule has 2 saturated heterocycles. The standard InChI is InChI=1S/C21H31N3O3/c1-21(11-5-13-24(21)19(25)17-7-3-2-4-8-17)20(26)23-14-9-18(10-15-23)27-16-6-12-22/h2-4,7-8,18H,5-6,9-16,22H2,1H3. The lowest BCUT2D eigenvalue weighted by atomic mass is 9.94. The number of likely N-dealkylation sites (tertiary alicyclic amines) is 2. The second-order valence-electron chi connectivity index (χ2n) is 7.70. The van der Waals surface area contributed by atoms with Crippen LogP contribution in [-0.4, -0.2) is 66.0 Å². The Hall–Kier alpha value is -1.92. The van der Waals surface area contributed by atoms with Crippen LogP contribution in [0.4, 0.5) is 0 Å². The van der Waals surface area contributed by atoms with Crippen molar-refractivity contribution >= 4 is 11.8 Å². The van der Waals surface area contributed by atoms with Gasteiger partial charge in [0, 0.05) is 31.8 Å². The average Bonchev–Trinajstić information content (AvgIpc) is 3.11. The van der Waals surface area contributed by atoms with Crippen LogP contribution < -0.4 is 5.73 Å². The van der Waals surface area contributed by atoms with E-state index in [2.05, 4.69) is 0 Å². The van der Waals surface area contributed by atoms with E-state index in [9.17, 15) is 9.59 Å². The van der Waals surface area contributed by atoms with Gasteiger partial charge in [0.2, 0.25) is 5.91 Å². The van der Waals surface area contributed by atoms with Crippen molar-refractivity contribution in [2.75, 3.05) is 32.8 Å². The second kappa shape index (κ2) is 8.85. The maximum Gasteiger partial charge on any atom is 0.254 e. The molecule has 148 valence electrons. The molecule has 3 rings (SSSR count). The number of piperidine rings is 1. The van der Waals surface area contributed by atoms with Crippen LogP contribution in [0.2, 0.25) is 0 Å². The zero-order valence-electron chi connectivity index (χ0n) is 16.2. The van der Waals surface area contributed by atoms with E-state index in [0.717, 1.165) is 32.1 Å². The van der Waals surface area contributed by atoms with Crippen LogP contribution >= 0.6 is 0 Å². The lowest BCUT2D eigenvalue weighted by Crippen LogP contribution is -2.58. The van der Waals surface area contributed by atoms with E-state index >= 15 is 0 Å². The number of hydrogen-bond donors (Lipinski definition) is 1. The highest BCUT2D eigenvalue weighted by Gasteiger charge is 2.48. The molecule has 1 atom stereocenters. The van der Waals surface area contributed by atoms with Gasteiger partial charge in [0.05, 0.1) is 6.10 Å². The van der Waals surface area contributed by atoms with E-state index in [1.807, 2.05) is 42.2 Å². The molecule has 2 heterocycles. The Morgan fingerprint density at radius 3 is 2.56 bits per heavy atom. The number of carbonyl (C=O) groups is 2. The molecule has 1 aromatic rings. The summed E-state index contributed by atoms with van der Waals surface area (Å²) in [7, 11) is 0. The van der Waals surface area contributed by atoms with E-state index < -0.39 is 5.54 Å². The molecule has 2 aliphatic heterocycles. The quantitative estimate of drug-likeness (QED) is 0.774. The van der Waals surface area contributed by atoms with E-state index in [1.165, 1.54) is 0 Å². The first-order chi connectivity index (χ1) is 13.1. The number of ether oxygens (including phenoxy) is 1. The SMILES string of the molecule is CC1(C(=O)N2CCC(OCCCN)CC2)CCCN1C(=O)c1ccccc1. The summed E-state index contributed by atoms with van der Waals surface area (Å²) in [5.74, 6) is 0.0219. The molecule has 0 saturated carbocycles. The largest absolute Gasteiger partial charge is 0.378 e. The van der Waals surface area contributed by atoms with Crippen molar-refractivity contribution in [3.8, 4) is 0 Å². The molecule has 1 unspecified atom stereocenters. The van der Waals surface area contributed by atoms with Gasteiger partial charge in [0.15, 0.2) is 0 Å². The molecular weight excluding hydrogens is 342 g/mol. The van der Waals surface area contributed by atoms with Crippen molar-refractivity contribution in [1.82, 2.24) is 9.80 Å². The third kappa shape index (κ3) is 4.33. The Morgan fingerprint density at radius 1 is 1.19 bits per heavy atom. The maximum absolute atomic E-state index is 13.3. The summed E-state index contributed by atoms with van der Waals surface area (Å²) >= 11 is 0. The molecule has 27 heavy (non-hydrogen) atoms. The van der Waals surface area contributed by atoms with Crippen molar-refractivity contribution in [3.63, 3.8) is 0 Å².